The van der Waals surface area contributed by atoms with Gasteiger partial charge in [-0.05, 0) is 60.4 Å². The molecule has 0 bridgehead atoms. The minimum atomic E-state index is -0.0569. The minimum absolute atomic E-state index is 0.0407. The molecule has 4 N–H and O–H groups in total. The van der Waals surface area contributed by atoms with Crippen LogP contribution in [0.4, 0.5) is 5.82 Å². The number of aromatic amines is 1. The van der Waals surface area contributed by atoms with Gasteiger partial charge in [0.15, 0.2) is 5.65 Å². The number of amides is 1. The van der Waals surface area contributed by atoms with Crippen molar-refractivity contribution in [3.8, 4) is 28.1 Å². The molecule has 0 saturated heterocycles. The van der Waals surface area contributed by atoms with Gasteiger partial charge in [0.25, 0.3) is 5.91 Å². The van der Waals surface area contributed by atoms with E-state index in [0.717, 1.165) is 52.8 Å². The van der Waals surface area contributed by atoms with Crippen LogP contribution in [0.25, 0.3) is 33.4 Å². The minimum Gasteiger partial charge on any atom is -0.486 e. The molecule has 35 heavy (non-hydrogen) atoms. The number of carbonyl (C=O) groups excluding carboxylic acids is 1. The first kappa shape index (κ1) is 21.2. The average Bonchev–Trinajstić information content (AvgIpc) is 3.64. The molecular formula is C28H25N5O2. The van der Waals surface area contributed by atoms with E-state index >= 15 is 0 Å². The lowest BCUT2D eigenvalue weighted by Crippen LogP contribution is -2.25. The smallest absolute Gasteiger partial charge is 0.251 e. The lowest BCUT2D eigenvalue weighted by Gasteiger charge is -2.16. The van der Waals surface area contributed by atoms with E-state index in [2.05, 4.69) is 27.7 Å². The maximum Gasteiger partial charge on any atom is 0.251 e. The van der Waals surface area contributed by atoms with Crippen LogP contribution in [0.15, 0.2) is 78.9 Å². The maximum atomic E-state index is 12.6. The van der Waals surface area contributed by atoms with Gasteiger partial charge in [-0.2, -0.15) is 5.10 Å². The van der Waals surface area contributed by atoms with Crippen LogP contribution in [-0.2, 0) is 0 Å². The number of ether oxygens (including phenoxy) is 1. The molecule has 1 unspecified atom stereocenters. The SMILES string of the molecule is Nc1[nH]nc2nc(-c3cccc(C(=O)NC4CC4)c3)cc(-c3ccc(OC4C=CC=CC4)cc3)c12. The number of nitrogens with two attached hydrogens (primary N) is 1. The summed E-state index contributed by atoms with van der Waals surface area (Å²) < 4.78 is 6.07. The summed E-state index contributed by atoms with van der Waals surface area (Å²) in [4.78, 5) is 17.3. The van der Waals surface area contributed by atoms with E-state index in [4.69, 9.17) is 15.5 Å². The Kier molecular flexibility index (Phi) is 5.29. The zero-order valence-electron chi connectivity index (χ0n) is 19.1. The Hall–Kier alpha value is -4.39. The highest BCUT2D eigenvalue weighted by molar-refractivity contribution is 6.02. The number of rotatable bonds is 6. The van der Waals surface area contributed by atoms with Crippen LogP contribution in [0.5, 0.6) is 5.75 Å². The Morgan fingerprint density at radius 1 is 1.06 bits per heavy atom. The molecule has 1 atom stereocenters. The Balaban J connectivity index is 1.35. The lowest BCUT2D eigenvalue weighted by atomic mass is 9.99. The first-order chi connectivity index (χ1) is 17.1. The fraction of sp³-hybridized carbons (Fsp3) is 0.179. The van der Waals surface area contributed by atoms with E-state index in [1.165, 1.54) is 0 Å². The van der Waals surface area contributed by atoms with Crippen molar-refractivity contribution in [1.29, 1.82) is 0 Å². The number of hydrogen-bond donors (Lipinski definition) is 3. The van der Waals surface area contributed by atoms with Gasteiger partial charge >= 0.3 is 0 Å². The van der Waals surface area contributed by atoms with Crippen molar-refractivity contribution in [2.45, 2.75) is 31.4 Å². The summed E-state index contributed by atoms with van der Waals surface area (Å²) >= 11 is 0. The van der Waals surface area contributed by atoms with Crippen molar-refractivity contribution < 1.29 is 9.53 Å². The summed E-state index contributed by atoms with van der Waals surface area (Å²) in [5.74, 6) is 1.21. The number of nitrogens with zero attached hydrogens (tertiary/aromatic N) is 2. The van der Waals surface area contributed by atoms with E-state index in [1.807, 2.05) is 66.7 Å². The lowest BCUT2D eigenvalue weighted by molar-refractivity contribution is 0.0951. The number of aromatic nitrogens is 3. The number of fused-ring (bicyclic) bond motifs is 1. The number of carbonyl (C=O) groups is 1. The van der Waals surface area contributed by atoms with Crippen LogP contribution in [0, 0.1) is 0 Å². The quantitative estimate of drug-likeness (QED) is 0.372. The largest absolute Gasteiger partial charge is 0.486 e. The summed E-state index contributed by atoms with van der Waals surface area (Å²) in [6.45, 7) is 0. The number of pyridine rings is 1. The predicted octanol–water partition coefficient (Wildman–Crippen LogP) is 5.03. The van der Waals surface area contributed by atoms with Crippen molar-refractivity contribution in [2.75, 3.05) is 5.73 Å². The summed E-state index contributed by atoms with van der Waals surface area (Å²) in [6.07, 6.45) is 11.2. The highest BCUT2D eigenvalue weighted by atomic mass is 16.5. The van der Waals surface area contributed by atoms with E-state index in [1.54, 1.807) is 0 Å². The number of H-pyrrole nitrogens is 1. The third kappa shape index (κ3) is 4.40. The second kappa shape index (κ2) is 8.76. The standard InChI is InChI=1S/C28H25N5O2/c29-26-25-23(17-9-13-22(14-10-17)35-21-7-2-1-3-8-21)16-24(31-27(25)33-32-26)18-5-4-6-19(15-18)28(34)30-20-11-12-20/h1-7,9-10,13-16,20-21H,8,11-12H2,(H,30,34)(H3,29,31,32,33). The Bertz CT molecular complexity index is 1460. The topological polar surface area (TPSA) is 106 Å². The molecule has 2 aromatic heterocycles. The third-order valence-corrected chi connectivity index (χ3v) is 6.28. The molecule has 6 rings (SSSR count). The summed E-state index contributed by atoms with van der Waals surface area (Å²) in [6, 6.07) is 17.8. The summed E-state index contributed by atoms with van der Waals surface area (Å²) in [7, 11) is 0. The van der Waals surface area contributed by atoms with Gasteiger partial charge in [-0.15, -0.1) is 0 Å². The van der Waals surface area contributed by atoms with Gasteiger partial charge in [-0.1, -0.05) is 42.5 Å². The van der Waals surface area contributed by atoms with Crippen LogP contribution in [0.2, 0.25) is 0 Å². The number of hydrogen-bond acceptors (Lipinski definition) is 5. The van der Waals surface area contributed by atoms with Crippen LogP contribution in [-0.4, -0.2) is 33.2 Å². The average molecular weight is 464 g/mol. The Labute approximate surface area is 202 Å². The van der Waals surface area contributed by atoms with E-state index < -0.39 is 0 Å². The third-order valence-electron chi connectivity index (χ3n) is 6.28. The van der Waals surface area contributed by atoms with E-state index in [-0.39, 0.29) is 12.0 Å². The number of anilines is 1. The molecule has 7 nitrogen and oxygen atoms in total. The number of nitrogens with one attached hydrogen (secondary N) is 2. The van der Waals surface area contributed by atoms with Gasteiger partial charge in [0, 0.05) is 23.6 Å². The molecule has 174 valence electrons. The molecule has 1 fully saturated rings. The molecule has 2 aromatic carbocycles. The second-order valence-electron chi connectivity index (χ2n) is 8.95. The maximum absolute atomic E-state index is 12.6. The molecular weight excluding hydrogens is 438 g/mol. The fourth-order valence-corrected chi connectivity index (χ4v) is 4.27. The Morgan fingerprint density at radius 2 is 1.91 bits per heavy atom. The van der Waals surface area contributed by atoms with Crippen molar-refractivity contribution in [3.05, 3.63) is 84.5 Å². The van der Waals surface area contributed by atoms with Crippen LogP contribution in [0.3, 0.4) is 0 Å². The molecule has 1 saturated carbocycles. The normalized spacial score (nSPS) is 17.0. The zero-order chi connectivity index (χ0) is 23.8. The molecule has 0 radical (unpaired) electrons. The Morgan fingerprint density at radius 3 is 2.69 bits per heavy atom. The van der Waals surface area contributed by atoms with Gasteiger partial charge in [-0.25, -0.2) is 4.98 Å². The molecule has 0 spiro atoms. The molecule has 4 aromatic rings. The monoisotopic (exact) mass is 463 g/mol. The second-order valence-corrected chi connectivity index (χ2v) is 8.95. The van der Waals surface area contributed by atoms with Crippen molar-refractivity contribution in [2.24, 2.45) is 0 Å². The van der Waals surface area contributed by atoms with E-state index in [9.17, 15) is 4.79 Å². The van der Waals surface area contributed by atoms with Crippen LogP contribution < -0.4 is 15.8 Å². The van der Waals surface area contributed by atoms with Gasteiger partial charge in [-0.3, -0.25) is 9.89 Å². The van der Waals surface area contributed by atoms with Crippen molar-refractivity contribution >= 4 is 22.8 Å². The van der Waals surface area contributed by atoms with Crippen molar-refractivity contribution in [1.82, 2.24) is 20.5 Å². The summed E-state index contributed by atoms with van der Waals surface area (Å²) in [5, 5.41) is 11.0. The zero-order valence-corrected chi connectivity index (χ0v) is 19.1. The number of allylic oxidation sites excluding steroid dienone is 2. The first-order valence-electron chi connectivity index (χ1n) is 11.8. The van der Waals surface area contributed by atoms with Gasteiger partial charge in [0.1, 0.15) is 17.7 Å². The predicted molar refractivity (Wildman–Crippen MR) is 137 cm³/mol. The highest BCUT2D eigenvalue weighted by Crippen LogP contribution is 2.35. The highest BCUT2D eigenvalue weighted by Gasteiger charge is 2.24. The molecule has 1 amide bonds. The van der Waals surface area contributed by atoms with Gasteiger partial charge in [0.2, 0.25) is 0 Å². The molecule has 2 heterocycles. The molecule has 2 aliphatic rings. The van der Waals surface area contributed by atoms with Gasteiger partial charge in [0.05, 0.1) is 11.1 Å². The number of benzene rings is 2. The fourth-order valence-electron chi connectivity index (χ4n) is 4.27. The molecule has 7 heteroatoms. The van der Waals surface area contributed by atoms with Gasteiger partial charge < -0.3 is 15.8 Å². The van der Waals surface area contributed by atoms with Crippen LogP contribution >= 0.6 is 0 Å². The molecule has 2 aliphatic carbocycles. The molecule has 0 aliphatic heterocycles. The van der Waals surface area contributed by atoms with Crippen LogP contribution in [0.1, 0.15) is 29.6 Å². The first-order valence-corrected chi connectivity index (χ1v) is 11.8. The number of nitrogen functional groups attached to an aromatic ring is 1. The summed E-state index contributed by atoms with van der Waals surface area (Å²) in [5.41, 5.74) is 10.8. The van der Waals surface area contributed by atoms with Crippen molar-refractivity contribution in [3.63, 3.8) is 0 Å². The van der Waals surface area contributed by atoms with E-state index in [0.29, 0.717) is 23.1 Å².